The Morgan fingerprint density at radius 2 is 1.95 bits per heavy atom. The van der Waals surface area contributed by atoms with Crippen LogP contribution in [0, 0.1) is 23.0 Å². The van der Waals surface area contributed by atoms with Gasteiger partial charge >= 0.3 is 0 Å². The molecule has 0 heterocycles. The zero-order valence-electron chi connectivity index (χ0n) is 10.6. The standard InChI is InChI=1S/C13H13ClF2N2O/c1-3-13(4-2,7-17)18-12(19)8-5-11(16)9(14)6-10(8)15/h5-6H,3-4H2,1-2H3,(H,18,19). The van der Waals surface area contributed by atoms with Gasteiger partial charge in [-0.15, -0.1) is 0 Å². The largest absolute Gasteiger partial charge is 0.334 e. The molecule has 0 aliphatic carbocycles. The fourth-order valence-corrected chi connectivity index (χ4v) is 1.74. The fraction of sp³-hybridized carbons (Fsp3) is 0.385. The molecule has 1 N–H and O–H groups in total. The first-order valence-electron chi connectivity index (χ1n) is 5.77. The number of nitrogens with zero attached hydrogens (tertiary/aromatic N) is 1. The zero-order chi connectivity index (χ0) is 14.6. The van der Waals surface area contributed by atoms with E-state index in [1.54, 1.807) is 13.8 Å². The van der Waals surface area contributed by atoms with Crippen LogP contribution in [0.3, 0.4) is 0 Å². The summed E-state index contributed by atoms with van der Waals surface area (Å²) in [4.78, 5) is 11.9. The highest BCUT2D eigenvalue weighted by molar-refractivity contribution is 6.30. The van der Waals surface area contributed by atoms with Crippen LogP contribution in [0.25, 0.3) is 0 Å². The molecule has 0 aliphatic rings. The molecule has 3 nitrogen and oxygen atoms in total. The topological polar surface area (TPSA) is 52.9 Å². The lowest BCUT2D eigenvalue weighted by Crippen LogP contribution is -2.46. The van der Waals surface area contributed by atoms with E-state index < -0.39 is 33.7 Å². The second-order valence-electron chi connectivity index (χ2n) is 4.10. The predicted molar refractivity (Wildman–Crippen MR) is 67.8 cm³/mol. The van der Waals surface area contributed by atoms with Gasteiger partial charge in [-0.2, -0.15) is 5.26 Å². The van der Waals surface area contributed by atoms with Gasteiger partial charge in [0.2, 0.25) is 0 Å². The lowest BCUT2D eigenvalue weighted by atomic mass is 9.94. The third-order valence-corrected chi connectivity index (χ3v) is 3.32. The highest BCUT2D eigenvalue weighted by atomic mass is 35.5. The van der Waals surface area contributed by atoms with Crippen LogP contribution in [0.5, 0.6) is 0 Å². The van der Waals surface area contributed by atoms with Crippen molar-refractivity contribution in [1.82, 2.24) is 5.32 Å². The quantitative estimate of drug-likeness (QED) is 0.862. The molecule has 1 aromatic carbocycles. The van der Waals surface area contributed by atoms with Gasteiger partial charge in [0.15, 0.2) is 0 Å². The van der Waals surface area contributed by atoms with Crippen molar-refractivity contribution >= 4 is 17.5 Å². The fourth-order valence-electron chi connectivity index (χ4n) is 1.59. The number of hydrogen-bond donors (Lipinski definition) is 1. The van der Waals surface area contributed by atoms with Gasteiger partial charge in [-0.1, -0.05) is 25.4 Å². The molecule has 19 heavy (non-hydrogen) atoms. The van der Waals surface area contributed by atoms with E-state index in [0.717, 1.165) is 12.1 Å². The molecule has 0 atom stereocenters. The van der Waals surface area contributed by atoms with Crippen molar-refractivity contribution in [2.24, 2.45) is 0 Å². The highest BCUT2D eigenvalue weighted by Gasteiger charge is 2.29. The average molecular weight is 287 g/mol. The van der Waals surface area contributed by atoms with Gasteiger partial charge in [0.1, 0.15) is 17.2 Å². The van der Waals surface area contributed by atoms with Crippen molar-refractivity contribution in [3.63, 3.8) is 0 Å². The number of nitriles is 1. The lowest BCUT2D eigenvalue weighted by molar-refractivity contribution is 0.0911. The van der Waals surface area contributed by atoms with E-state index in [0.29, 0.717) is 12.8 Å². The average Bonchev–Trinajstić information content (AvgIpc) is 2.40. The Hall–Kier alpha value is -1.67. The SMILES string of the molecule is CCC(C#N)(CC)NC(=O)c1cc(F)c(Cl)cc1F. The Balaban J connectivity index is 3.09. The summed E-state index contributed by atoms with van der Waals surface area (Å²) in [5.74, 6) is -2.65. The smallest absolute Gasteiger partial charge is 0.255 e. The minimum absolute atomic E-state index is 0.365. The summed E-state index contributed by atoms with van der Waals surface area (Å²) >= 11 is 5.41. The molecule has 6 heteroatoms. The summed E-state index contributed by atoms with van der Waals surface area (Å²) < 4.78 is 26.8. The molecule has 0 aliphatic heterocycles. The first-order valence-corrected chi connectivity index (χ1v) is 6.15. The van der Waals surface area contributed by atoms with E-state index in [-0.39, 0.29) is 0 Å². The predicted octanol–water partition coefficient (Wildman–Crippen LogP) is 3.43. The maximum Gasteiger partial charge on any atom is 0.255 e. The van der Waals surface area contributed by atoms with Gasteiger partial charge in [0, 0.05) is 0 Å². The van der Waals surface area contributed by atoms with Crippen LogP contribution in [-0.2, 0) is 0 Å². The third-order valence-electron chi connectivity index (χ3n) is 3.03. The number of amides is 1. The maximum atomic E-state index is 13.6. The van der Waals surface area contributed by atoms with Crippen LogP contribution >= 0.6 is 11.6 Å². The molecule has 0 aromatic heterocycles. The number of nitrogens with one attached hydrogen (secondary N) is 1. The molecule has 0 spiro atoms. The van der Waals surface area contributed by atoms with E-state index in [1.807, 2.05) is 6.07 Å². The van der Waals surface area contributed by atoms with Crippen molar-refractivity contribution in [1.29, 1.82) is 5.26 Å². The summed E-state index contributed by atoms with van der Waals surface area (Å²) in [6.07, 6.45) is 0.729. The molecule has 0 unspecified atom stereocenters. The monoisotopic (exact) mass is 286 g/mol. The Labute approximate surface area is 115 Å². The number of halogens is 3. The molecule has 0 saturated carbocycles. The highest BCUT2D eigenvalue weighted by Crippen LogP contribution is 2.21. The van der Waals surface area contributed by atoms with Crippen LogP contribution in [0.4, 0.5) is 8.78 Å². The molecule has 0 fully saturated rings. The summed E-state index contributed by atoms with van der Waals surface area (Å²) in [6.45, 7) is 3.46. The summed E-state index contributed by atoms with van der Waals surface area (Å²) in [7, 11) is 0. The molecule has 0 saturated heterocycles. The minimum Gasteiger partial charge on any atom is -0.334 e. The molecule has 0 radical (unpaired) electrons. The van der Waals surface area contributed by atoms with Gasteiger partial charge in [-0.25, -0.2) is 8.78 Å². The lowest BCUT2D eigenvalue weighted by Gasteiger charge is -2.25. The molecule has 1 rings (SSSR count). The van der Waals surface area contributed by atoms with Crippen molar-refractivity contribution in [2.45, 2.75) is 32.2 Å². The Morgan fingerprint density at radius 3 is 2.42 bits per heavy atom. The van der Waals surface area contributed by atoms with E-state index in [1.165, 1.54) is 0 Å². The van der Waals surface area contributed by atoms with Crippen molar-refractivity contribution in [3.05, 3.63) is 34.4 Å². The molecular formula is C13H13ClF2N2O. The van der Waals surface area contributed by atoms with Crippen LogP contribution in [0.1, 0.15) is 37.0 Å². The first kappa shape index (κ1) is 15.4. The van der Waals surface area contributed by atoms with Gasteiger partial charge in [-0.3, -0.25) is 4.79 Å². The van der Waals surface area contributed by atoms with Crippen LogP contribution in [-0.4, -0.2) is 11.4 Å². The molecule has 0 bridgehead atoms. The van der Waals surface area contributed by atoms with Gasteiger partial charge in [0.25, 0.3) is 5.91 Å². The number of rotatable bonds is 4. The summed E-state index contributed by atoms with van der Waals surface area (Å²) in [5, 5.41) is 11.1. The van der Waals surface area contributed by atoms with Crippen molar-refractivity contribution in [3.8, 4) is 6.07 Å². The molecular weight excluding hydrogens is 274 g/mol. The summed E-state index contributed by atoms with van der Waals surface area (Å²) in [6, 6.07) is 3.44. The van der Waals surface area contributed by atoms with Crippen LogP contribution in [0.15, 0.2) is 12.1 Å². The Bertz CT molecular complexity index is 536. The second-order valence-corrected chi connectivity index (χ2v) is 4.51. The van der Waals surface area contributed by atoms with E-state index in [9.17, 15) is 13.6 Å². The number of carbonyl (C=O) groups is 1. The second kappa shape index (κ2) is 5.98. The normalized spacial score (nSPS) is 10.9. The minimum atomic E-state index is -1.08. The van der Waals surface area contributed by atoms with Crippen molar-refractivity contribution in [2.75, 3.05) is 0 Å². The molecule has 102 valence electrons. The van der Waals surface area contributed by atoms with E-state index in [4.69, 9.17) is 16.9 Å². The molecule has 1 aromatic rings. The van der Waals surface area contributed by atoms with Gasteiger partial charge in [-0.05, 0) is 25.0 Å². The third kappa shape index (κ3) is 3.21. The Kier molecular flexibility index (Phi) is 4.84. The van der Waals surface area contributed by atoms with Crippen LogP contribution in [0.2, 0.25) is 5.02 Å². The number of carbonyl (C=O) groups excluding carboxylic acids is 1. The van der Waals surface area contributed by atoms with Gasteiger partial charge < -0.3 is 5.32 Å². The van der Waals surface area contributed by atoms with Crippen molar-refractivity contribution < 1.29 is 13.6 Å². The number of benzene rings is 1. The Morgan fingerprint density at radius 1 is 1.37 bits per heavy atom. The van der Waals surface area contributed by atoms with Gasteiger partial charge in [0.05, 0.1) is 16.7 Å². The van der Waals surface area contributed by atoms with E-state index >= 15 is 0 Å². The first-order chi connectivity index (χ1) is 8.89. The van der Waals surface area contributed by atoms with Crippen LogP contribution < -0.4 is 5.32 Å². The molecule has 1 amide bonds. The zero-order valence-corrected chi connectivity index (χ0v) is 11.3. The maximum absolute atomic E-state index is 13.6. The van der Waals surface area contributed by atoms with E-state index in [2.05, 4.69) is 5.32 Å². The number of hydrogen-bond acceptors (Lipinski definition) is 2. The summed E-state index contributed by atoms with van der Waals surface area (Å²) in [5.41, 5.74) is -1.55.